The Bertz CT molecular complexity index is 1320. The number of anilines is 1. The molecular formula is C26H21Cl2N3OS. The highest BCUT2D eigenvalue weighted by molar-refractivity contribution is 7.80. The number of aromatic nitrogens is 1. The highest BCUT2D eigenvalue weighted by Gasteiger charge is 2.42. The molecule has 0 amide bonds. The number of furan rings is 1. The maximum atomic E-state index is 6.39. The van der Waals surface area contributed by atoms with Crippen molar-refractivity contribution < 1.29 is 4.42 Å². The molecule has 2 aromatic carbocycles. The molecule has 1 aliphatic heterocycles. The van der Waals surface area contributed by atoms with Crippen molar-refractivity contribution in [3.63, 3.8) is 0 Å². The third kappa shape index (κ3) is 4.24. The van der Waals surface area contributed by atoms with Gasteiger partial charge in [-0.1, -0.05) is 35.3 Å². The fraction of sp³-hybridized carbons (Fsp3) is 0.154. The van der Waals surface area contributed by atoms with Crippen LogP contribution in [0.1, 0.15) is 34.7 Å². The van der Waals surface area contributed by atoms with E-state index in [4.69, 9.17) is 39.8 Å². The number of pyridine rings is 1. The largest absolute Gasteiger partial charge is 0.459 e. The van der Waals surface area contributed by atoms with Crippen molar-refractivity contribution in [1.82, 2.24) is 10.3 Å². The third-order valence-corrected chi connectivity index (χ3v) is 6.76. The summed E-state index contributed by atoms with van der Waals surface area (Å²) in [7, 11) is 0. The van der Waals surface area contributed by atoms with Crippen molar-refractivity contribution in [3.05, 3.63) is 106 Å². The van der Waals surface area contributed by atoms with E-state index in [0.717, 1.165) is 22.7 Å². The molecule has 7 heteroatoms. The van der Waals surface area contributed by atoms with Gasteiger partial charge in [0.25, 0.3) is 0 Å². The van der Waals surface area contributed by atoms with Crippen LogP contribution in [-0.4, -0.2) is 10.1 Å². The van der Waals surface area contributed by atoms with E-state index in [1.165, 1.54) is 11.1 Å². The van der Waals surface area contributed by atoms with E-state index >= 15 is 0 Å². The molecule has 2 atom stereocenters. The van der Waals surface area contributed by atoms with Crippen molar-refractivity contribution in [2.45, 2.75) is 25.9 Å². The summed E-state index contributed by atoms with van der Waals surface area (Å²) in [6.07, 6.45) is 1.79. The summed E-state index contributed by atoms with van der Waals surface area (Å²) in [5, 5.41) is 5.09. The number of rotatable bonds is 4. The standard InChI is InChI=1S/C26H21Cl2N3OS/c1-15-11-16(2)13-18(12-15)31-25(24(30-26(31)33)21-5-3-4-10-29-21)23-9-8-22(32-23)17-6-7-19(27)20(28)14-17/h3-14,24-25H,1-2H3,(H,30,33). The molecular weight excluding hydrogens is 473 g/mol. The number of aryl methyl sites for hydroxylation is 2. The first-order chi connectivity index (χ1) is 15.9. The second-order valence-corrected chi connectivity index (χ2v) is 9.37. The second kappa shape index (κ2) is 8.82. The van der Waals surface area contributed by atoms with Gasteiger partial charge in [0.05, 0.1) is 21.8 Å². The molecule has 3 heterocycles. The summed E-state index contributed by atoms with van der Waals surface area (Å²) >= 11 is 18.1. The summed E-state index contributed by atoms with van der Waals surface area (Å²) in [5.41, 5.74) is 5.11. The molecule has 0 bridgehead atoms. The molecule has 1 saturated heterocycles. The number of benzene rings is 2. The van der Waals surface area contributed by atoms with Gasteiger partial charge in [0.15, 0.2) is 5.11 Å². The molecule has 166 valence electrons. The maximum absolute atomic E-state index is 6.39. The van der Waals surface area contributed by atoms with Crippen molar-refractivity contribution in [1.29, 1.82) is 0 Å². The van der Waals surface area contributed by atoms with Gasteiger partial charge in [0.2, 0.25) is 0 Å². The zero-order valence-electron chi connectivity index (χ0n) is 18.0. The summed E-state index contributed by atoms with van der Waals surface area (Å²) in [6.45, 7) is 4.17. The average molecular weight is 494 g/mol. The lowest BCUT2D eigenvalue weighted by molar-refractivity contribution is 0.439. The van der Waals surface area contributed by atoms with Gasteiger partial charge in [0, 0.05) is 17.4 Å². The smallest absolute Gasteiger partial charge is 0.174 e. The quantitative estimate of drug-likeness (QED) is 0.299. The Kier molecular flexibility index (Phi) is 5.87. The minimum absolute atomic E-state index is 0.174. The molecule has 0 spiro atoms. The SMILES string of the molecule is Cc1cc(C)cc(N2C(=S)NC(c3ccccn3)C2c2ccc(-c3ccc(Cl)c(Cl)c3)o2)c1. The minimum atomic E-state index is -0.217. The van der Waals surface area contributed by atoms with Crippen LogP contribution < -0.4 is 10.2 Å². The molecule has 1 fully saturated rings. The van der Waals surface area contributed by atoms with Gasteiger partial charge in [-0.2, -0.15) is 0 Å². The van der Waals surface area contributed by atoms with Gasteiger partial charge < -0.3 is 14.6 Å². The van der Waals surface area contributed by atoms with Crippen LogP contribution in [0.25, 0.3) is 11.3 Å². The summed E-state index contributed by atoms with van der Waals surface area (Å²) in [5.74, 6) is 1.49. The Morgan fingerprint density at radius 1 is 0.939 bits per heavy atom. The third-order valence-electron chi connectivity index (χ3n) is 5.71. The van der Waals surface area contributed by atoms with Crippen molar-refractivity contribution in [3.8, 4) is 11.3 Å². The van der Waals surface area contributed by atoms with Crippen LogP contribution in [0.15, 0.2) is 77.3 Å². The normalized spacial score (nSPS) is 17.9. The predicted molar refractivity (Wildman–Crippen MR) is 138 cm³/mol. The van der Waals surface area contributed by atoms with E-state index in [0.29, 0.717) is 20.9 Å². The van der Waals surface area contributed by atoms with Crippen LogP contribution in [0.2, 0.25) is 10.0 Å². The first kappa shape index (κ1) is 22.0. The highest BCUT2D eigenvalue weighted by Crippen LogP contribution is 2.43. The summed E-state index contributed by atoms with van der Waals surface area (Å²) in [4.78, 5) is 6.72. The monoisotopic (exact) mass is 493 g/mol. The number of thiocarbonyl (C=S) groups is 1. The van der Waals surface area contributed by atoms with Crippen molar-refractivity contribution in [2.75, 3.05) is 4.90 Å². The first-order valence-corrected chi connectivity index (χ1v) is 11.7. The van der Waals surface area contributed by atoms with E-state index in [2.05, 4.69) is 47.2 Å². The topological polar surface area (TPSA) is 41.3 Å². The van der Waals surface area contributed by atoms with E-state index in [9.17, 15) is 0 Å². The van der Waals surface area contributed by atoms with E-state index in [1.807, 2.05) is 42.5 Å². The van der Waals surface area contributed by atoms with Gasteiger partial charge in [-0.15, -0.1) is 0 Å². The molecule has 1 aliphatic rings. The fourth-order valence-electron chi connectivity index (χ4n) is 4.33. The molecule has 2 unspecified atom stereocenters. The van der Waals surface area contributed by atoms with Crippen LogP contribution in [0, 0.1) is 13.8 Å². The van der Waals surface area contributed by atoms with Crippen molar-refractivity contribution >= 4 is 46.2 Å². The number of hydrogen-bond acceptors (Lipinski definition) is 3. The van der Waals surface area contributed by atoms with Crippen molar-refractivity contribution in [2.24, 2.45) is 0 Å². The van der Waals surface area contributed by atoms with Gasteiger partial charge in [-0.25, -0.2) is 0 Å². The zero-order valence-corrected chi connectivity index (χ0v) is 20.4. The van der Waals surface area contributed by atoms with Gasteiger partial charge in [-0.3, -0.25) is 4.98 Å². The van der Waals surface area contributed by atoms with Gasteiger partial charge in [-0.05, 0) is 91.8 Å². The summed E-state index contributed by atoms with van der Waals surface area (Å²) in [6, 6.07) is 21.3. The molecule has 5 rings (SSSR count). The molecule has 33 heavy (non-hydrogen) atoms. The number of nitrogens with one attached hydrogen (secondary N) is 1. The molecule has 0 saturated carbocycles. The Hall–Kier alpha value is -2.86. The second-order valence-electron chi connectivity index (χ2n) is 8.17. The fourth-order valence-corrected chi connectivity index (χ4v) is 4.97. The van der Waals surface area contributed by atoms with E-state index < -0.39 is 0 Å². The molecule has 1 N–H and O–H groups in total. The van der Waals surface area contributed by atoms with Gasteiger partial charge >= 0.3 is 0 Å². The van der Waals surface area contributed by atoms with Crippen LogP contribution in [-0.2, 0) is 0 Å². The Labute approximate surface area is 208 Å². The molecule has 0 radical (unpaired) electrons. The van der Waals surface area contributed by atoms with E-state index in [1.54, 1.807) is 12.3 Å². The molecule has 4 nitrogen and oxygen atoms in total. The predicted octanol–water partition coefficient (Wildman–Crippen LogP) is 7.44. The van der Waals surface area contributed by atoms with Crippen LogP contribution in [0.3, 0.4) is 0 Å². The molecule has 4 aromatic rings. The maximum Gasteiger partial charge on any atom is 0.174 e. The number of halogens is 2. The highest BCUT2D eigenvalue weighted by atomic mass is 35.5. The average Bonchev–Trinajstić information content (AvgIpc) is 3.40. The number of nitrogens with zero attached hydrogens (tertiary/aromatic N) is 2. The molecule has 2 aromatic heterocycles. The Balaban J connectivity index is 1.61. The summed E-state index contributed by atoms with van der Waals surface area (Å²) < 4.78 is 6.39. The lowest BCUT2D eigenvalue weighted by Gasteiger charge is -2.26. The number of hydrogen-bond donors (Lipinski definition) is 1. The lowest BCUT2D eigenvalue weighted by atomic mass is 10.0. The lowest BCUT2D eigenvalue weighted by Crippen LogP contribution is -2.29. The minimum Gasteiger partial charge on any atom is -0.459 e. The first-order valence-electron chi connectivity index (χ1n) is 10.5. The van der Waals surface area contributed by atoms with Crippen LogP contribution >= 0.6 is 35.4 Å². The van der Waals surface area contributed by atoms with E-state index in [-0.39, 0.29) is 12.1 Å². The Morgan fingerprint density at radius 3 is 2.42 bits per heavy atom. The molecule has 0 aliphatic carbocycles. The van der Waals surface area contributed by atoms with Crippen LogP contribution in [0.5, 0.6) is 0 Å². The van der Waals surface area contributed by atoms with Gasteiger partial charge in [0.1, 0.15) is 17.6 Å². The van der Waals surface area contributed by atoms with Crippen LogP contribution in [0.4, 0.5) is 5.69 Å². The Morgan fingerprint density at radius 2 is 1.73 bits per heavy atom. The zero-order chi connectivity index (χ0) is 23.1.